The van der Waals surface area contributed by atoms with Gasteiger partial charge in [-0.2, -0.15) is 0 Å². The van der Waals surface area contributed by atoms with Gasteiger partial charge in [0, 0.05) is 19.2 Å². The van der Waals surface area contributed by atoms with Crippen molar-refractivity contribution in [2.75, 3.05) is 26.3 Å². The molecule has 0 radical (unpaired) electrons. The Kier molecular flexibility index (Phi) is 4.13. The highest BCUT2D eigenvalue weighted by Crippen LogP contribution is 2.31. The average molecular weight is 287 g/mol. The average Bonchev–Trinajstić information content (AvgIpc) is 2.53. The van der Waals surface area contributed by atoms with E-state index in [-0.39, 0.29) is 5.91 Å². The highest BCUT2D eigenvalue weighted by Gasteiger charge is 2.18. The van der Waals surface area contributed by atoms with Crippen LogP contribution in [0.4, 0.5) is 0 Å². The number of benzene rings is 1. The molecule has 0 atom stereocenters. The van der Waals surface area contributed by atoms with Gasteiger partial charge in [0.15, 0.2) is 11.5 Å². The summed E-state index contributed by atoms with van der Waals surface area (Å²) in [6.07, 6.45) is 5.70. The summed E-state index contributed by atoms with van der Waals surface area (Å²) in [5.41, 5.74) is 0.956. The van der Waals surface area contributed by atoms with Crippen LogP contribution in [0.15, 0.2) is 24.3 Å². The molecular formula is C17H21NO3. The highest BCUT2D eigenvalue weighted by atomic mass is 16.6. The normalized spacial score (nSPS) is 19.0. The summed E-state index contributed by atoms with van der Waals surface area (Å²) in [4.78, 5) is 14.1. The zero-order valence-electron chi connectivity index (χ0n) is 12.4. The summed E-state index contributed by atoms with van der Waals surface area (Å²) in [5, 5.41) is 0. The van der Waals surface area contributed by atoms with E-state index in [2.05, 4.69) is 6.92 Å². The fraction of sp³-hybridized carbons (Fsp3) is 0.471. The van der Waals surface area contributed by atoms with E-state index in [9.17, 15) is 4.79 Å². The predicted molar refractivity (Wildman–Crippen MR) is 81.4 cm³/mol. The number of fused-ring (bicyclic) bond motifs is 1. The third-order valence-electron chi connectivity index (χ3n) is 4.08. The number of hydrogen-bond acceptors (Lipinski definition) is 3. The van der Waals surface area contributed by atoms with E-state index in [1.54, 1.807) is 6.08 Å². The SMILES string of the molecule is CC1CCN(C(=O)/C=C/c2ccc3c(c2)OCCO3)CC1. The summed E-state index contributed by atoms with van der Waals surface area (Å²) < 4.78 is 11.0. The Morgan fingerprint density at radius 2 is 1.90 bits per heavy atom. The molecule has 2 aliphatic rings. The van der Waals surface area contributed by atoms with Crippen LogP contribution in [0.3, 0.4) is 0 Å². The van der Waals surface area contributed by atoms with Crippen LogP contribution in [-0.2, 0) is 4.79 Å². The lowest BCUT2D eigenvalue weighted by atomic mass is 9.99. The van der Waals surface area contributed by atoms with Crippen LogP contribution in [0.1, 0.15) is 25.3 Å². The molecule has 0 saturated carbocycles. The summed E-state index contributed by atoms with van der Waals surface area (Å²) in [5.74, 6) is 2.35. The van der Waals surface area contributed by atoms with E-state index in [1.807, 2.05) is 29.2 Å². The molecule has 2 heterocycles. The van der Waals surface area contributed by atoms with Gasteiger partial charge in [0.2, 0.25) is 5.91 Å². The van der Waals surface area contributed by atoms with Gasteiger partial charge in [0.25, 0.3) is 0 Å². The quantitative estimate of drug-likeness (QED) is 0.785. The van der Waals surface area contributed by atoms with Gasteiger partial charge in [-0.25, -0.2) is 0 Å². The van der Waals surface area contributed by atoms with E-state index in [1.165, 1.54) is 0 Å². The van der Waals surface area contributed by atoms with Crippen LogP contribution < -0.4 is 9.47 Å². The molecule has 0 spiro atoms. The van der Waals surface area contributed by atoms with Crippen LogP contribution in [-0.4, -0.2) is 37.1 Å². The number of amides is 1. The van der Waals surface area contributed by atoms with Crippen molar-refractivity contribution in [3.8, 4) is 11.5 Å². The summed E-state index contributed by atoms with van der Waals surface area (Å²) in [6.45, 7) is 5.14. The number of likely N-dealkylation sites (tertiary alicyclic amines) is 1. The highest BCUT2D eigenvalue weighted by molar-refractivity contribution is 5.91. The largest absolute Gasteiger partial charge is 0.486 e. The molecule has 4 heteroatoms. The van der Waals surface area contributed by atoms with Crippen LogP contribution >= 0.6 is 0 Å². The lowest BCUT2D eigenvalue weighted by molar-refractivity contribution is -0.127. The molecule has 1 amide bonds. The smallest absolute Gasteiger partial charge is 0.246 e. The summed E-state index contributed by atoms with van der Waals surface area (Å²) in [6, 6.07) is 5.74. The van der Waals surface area contributed by atoms with E-state index < -0.39 is 0 Å². The second-order valence-corrected chi connectivity index (χ2v) is 5.74. The molecule has 1 fully saturated rings. The Bertz CT molecular complexity index is 545. The van der Waals surface area contributed by atoms with E-state index >= 15 is 0 Å². The molecular weight excluding hydrogens is 266 g/mol. The molecule has 1 aromatic rings. The van der Waals surface area contributed by atoms with Gasteiger partial charge in [-0.05, 0) is 42.5 Å². The van der Waals surface area contributed by atoms with Crippen LogP contribution in [0, 0.1) is 5.92 Å². The predicted octanol–water partition coefficient (Wildman–Crippen LogP) is 2.73. The Hall–Kier alpha value is -1.97. The lowest BCUT2D eigenvalue weighted by Crippen LogP contribution is -2.36. The van der Waals surface area contributed by atoms with Crippen molar-refractivity contribution in [3.05, 3.63) is 29.8 Å². The fourth-order valence-electron chi connectivity index (χ4n) is 2.67. The van der Waals surface area contributed by atoms with Crippen molar-refractivity contribution in [2.24, 2.45) is 5.92 Å². The molecule has 1 aromatic carbocycles. The number of carbonyl (C=O) groups is 1. The maximum Gasteiger partial charge on any atom is 0.246 e. The van der Waals surface area contributed by atoms with Crippen LogP contribution in [0.25, 0.3) is 6.08 Å². The van der Waals surface area contributed by atoms with Crippen LogP contribution in [0.5, 0.6) is 11.5 Å². The van der Waals surface area contributed by atoms with Crippen molar-refractivity contribution in [1.29, 1.82) is 0 Å². The van der Waals surface area contributed by atoms with Gasteiger partial charge in [-0.15, -0.1) is 0 Å². The molecule has 1 saturated heterocycles. The third-order valence-corrected chi connectivity index (χ3v) is 4.08. The minimum absolute atomic E-state index is 0.0942. The van der Waals surface area contributed by atoms with E-state index in [0.29, 0.717) is 13.2 Å². The van der Waals surface area contributed by atoms with E-state index in [4.69, 9.17) is 9.47 Å². The molecule has 4 nitrogen and oxygen atoms in total. The molecule has 0 unspecified atom stereocenters. The number of hydrogen-bond donors (Lipinski definition) is 0. The van der Waals surface area contributed by atoms with E-state index in [0.717, 1.165) is 48.9 Å². The van der Waals surface area contributed by atoms with Gasteiger partial charge in [0.1, 0.15) is 13.2 Å². The number of piperidine rings is 1. The maximum absolute atomic E-state index is 12.2. The number of carbonyl (C=O) groups excluding carboxylic acids is 1. The van der Waals surface area contributed by atoms with Crippen molar-refractivity contribution in [3.63, 3.8) is 0 Å². The minimum atomic E-state index is 0.0942. The molecule has 0 aromatic heterocycles. The second-order valence-electron chi connectivity index (χ2n) is 5.74. The fourth-order valence-corrected chi connectivity index (χ4v) is 2.67. The molecule has 0 aliphatic carbocycles. The molecule has 2 aliphatic heterocycles. The molecule has 0 N–H and O–H groups in total. The first-order valence-corrected chi connectivity index (χ1v) is 7.59. The van der Waals surface area contributed by atoms with Gasteiger partial charge in [0.05, 0.1) is 0 Å². The van der Waals surface area contributed by atoms with Gasteiger partial charge in [-0.1, -0.05) is 13.0 Å². The van der Waals surface area contributed by atoms with Crippen molar-refractivity contribution in [1.82, 2.24) is 4.90 Å². The third kappa shape index (κ3) is 3.38. The minimum Gasteiger partial charge on any atom is -0.486 e. The lowest BCUT2D eigenvalue weighted by Gasteiger charge is -2.29. The topological polar surface area (TPSA) is 38.8 Å². The Morgan fingerprint density at radius 1 is 1.19 bits per heavy atom. The molecule has 112 valence electrons. The number of rotatable bonds is 2. The number of ether oxygens (including phenoxy) is 2. The molecule has 3 rings (SSSR count). The Labute approximate surface area is 125 Å². The maximum atomic E-state index is 12.2. The zero-order valence-corrected chi connectivity index (χ0v) is 12.4. The first kappa shape index (κ1) is 14.0. The second kappa shape index (κ2) is 6.20. The molecule has 0 bridgehead atoms. The summed E-state index contributed by atoms with van der Waals surface area (Å²) in [7, 11) is 0. The Balaban J connectivity index is 1.64. The van der Waals surface area contributed by atoms with Gasteiger partial charge < -0.3 is 14.4 Å². The van der Waals surface area contributed by atoms with Crippen molar-refractivity contribution in [2.45, 2.75) is 19.8 Å². The summed E-state index contributed by atoms with van der Waals surface area (Å²) >= 11 is 0. The first-order valence-electron chi connectivity index (χ1n) is 7.59. The van der Waals surface area contributed by atoms with Gasteiger partial charge >= 0.3 is 0 Å². The zero-order chi connectivity index (χ0) is 14.7. The first-order chi connectivity index (χ1) is 10.2. The standard InChI is InChI=1S/C17H21NO3/c1-13-6-8-18(9-7-13)17(19)5-3-14-2-4-15-16(12-14)21-11-10-20-15/h2-5,12-13H,6-11H2,1H3/b5-3+. The number of nitrogens with zero attached hydrogens (tertiary/aromatic N) is 1. The monoisotopic (exact) mass is 287 g/mol. The van der Waals surface area contributed by atoms with Crippen molar-refractivity contribution < 1.29 is 14.3 Å². The van der Waals surface area contributed by atoms with Crippen molar-refractivity contribution >= 4 is 12.0 Å². The molecule has 21 heavy (non-hydrogen) atoms. The van der Waals surface area contributed by atoms with Crippen LogP contribution in [0.2, 0.25) is 0 Å². The van der Waals surface area contributed by atoms with Gasteiger partial charge in [-0.3, -0.25) is 4.79 Å². The Morgan fingerprint density at radius 3 is 2.67 bits per heavy atom.